The molecule has 2 rings (SSSR count). The number of fused-ring (bicyclic) bond motifs is 1. The highest BCUT2D eigenvalue weighted by Gasteiger charge is 2.12. The minimum absolute atomic E-state index is 0.0732. The highest BCUT2D eigenvalue weighted by Crippen LogP contribution is 2.29. The number of pyridine rings is 1. The average Bonchev–Trinajstić information content (AvgIpc) is 2.74. The molecule has 0 radical (unpaired) electrons. The van der Waals surface area contributed by atoms with Gasteiger partial charge in [0.15, 0.2) is 0 Å². The van der Waals surface area contributed by atoms with Crippen LogP contribution in [0.25, 0.3) is 10.2 Å². The molecule has 0 saturated heterocycles. The number of thiophene rings is 1. The molecule has 1 N–H and O–H groups in total. The van der Waals surface area contributed by atoms with Crippen LogP contribution in [-0.2, 0) is 0 Å². The fourth-order valence-electron chi connectivity index (χ4n) is 1.50. The monoisotopic (exact) mass is 283 g/mol. The molecule has 0 aromatic carbocycles. The van der Waals surface area contributed by atoms with Crippen LogP contribution in [0.15, 0.2) is 18.3 Å². The molecule has 0 unspecified atom stereocenters. The Balaban J connectivity index is 2.11. The Labute approximate surface area is 115 Å². The number of halogens is 1. The minimum Gasteiger partial charge on any atom is -0.350 e. The van der Waals surface area contributed by atoms with E-state index < -0.39 is 0 Å². The molecule has 2 heterocycles. The zero-order valence-corrected chi connectivity index (χ0v) is 11.8. The van der Waals surface area contributed by atoms with Crippen molar-refractivity contribution in [1.82, 2.24) is 15.2 Å². The maximum absolute atomic E-state index is 11.9. The van der Waals surface area contributed by atoms with Crippen LogP contribution in [0.5, 0.6) is 0 Å². The number of nitrogens with zero attached hydrogens (tertiary/aromatic N) is 2. The fraction of sp³-hybridized carbons (Fsp3) is 0.333. The van der Waals surface area contributed by atoms with Gasteiger partial charge in [-0.05, 0) is 26.2 Å². The van der Waals surface area contributed by atoms with Crippen molar-refractivity contribution in [3.8, 4) is 0 Å². The SMILES string of the molecule is CN(C)CCNC(=O)c1cc2nccc(Cl)c2s1. The van der Waals surface area contributed by atoms with Gasteiger partial charge in [0.25, 0.3) is 5.91 Å². The summed E-state index contributed by atoms with van der Waals surface area (Å²) in [6, 6.07) is 3.50. The van der Waals surface area contributed by atoms with Crippen LogP contribution in [-0.4, -0.2) is 43.0 Å². The van der Waals surface area contributed by atoms with Crippen molar-refractivity contribution in [3.05, 3.63) is 28.2 Å². The third-order valence-corrected chi connectivity index (χ3v) is 4.02. The number of likely N-dealkylation sites (N-methyl/N-ethyl adjacent to an activating group) is 1. The van der Waals surface area contributed by atoms with Crippen molar-refractivity contribution in [2.45, 2.75) is 0 Å². The average molecular weight is 284 g/mol. The summed E-state index contributed by atoms with van der Waals surface area (Å²) in [5, 5.41) is 3.51. The van der Waals surface area contributed by atoms with Crippen LogP contribution in [0, 0.1) is 0 Å². The molecule has 96 valence electrons. The lowest BCUT2D eigenvalue weighted by atomic mass is 10.3. The summed E-state index contributed by atoms with van der Waals surface area (Å²) in [5.74, 6) is -0.0732. The maximum atomic E-state index is 11.9. The third kappa shape index (κ3) is 2.98. The first-order chi connectivity index (χ1) is 8.58. The number of amides is 1. The van der Waals surface area contributed by atoms with E-state index in [-0.39, 0.29) is 5.91 Å². The highest BCUT2D eigenvalue weighted by molar-refractivity contribution is 7.21. The van der Waals surface area contributed by atoms with Gasteiger partial charge in [-0.1, -0.05) is 11.6 Å². The molecular weight excluding hydrogens is 270 g/mol. The number of rotatable bonds is 4. The second kappa shape index (κ2) is 5.65. The third-order valence-electron chi connectivity index (χ3n) is 2.43. The Morgan fingerprint density at radius 1 is 1.56 bits per heavy atom. The summed E-state index contributed by atoms with van der Waals surface area (Å²) in [7, 11) is 3.94. The Morgan fingerprint density at radius 3 is 3.00 bits per heavy atom. The molecule has 0 aliphatic carbocycles. The van der Waals surface area contributed by atoms with Crippen LogP contribution in [0.2, 0.25) is 5.02 Å². The van der Waals surface area contributed by atoms with E-state index in [0.717, 1.165) is 16.8 Å². The first-order valence-corrected chi connectivity index (χ1v) is 6.74. The number of carbonyl (C=O) groups is 1. The number of nitrogens with one attached hydrogen (secondary N) is 1. The van der Waals surface area contributed by atoms with E-state index in [2.05, 4.69) is 10.3 Å². The zero-order chi connectivity index (χ0) is 13.1. The molecule has 1 amide bonds. The molecule has 0 atom stereocenters. The topological polar surface area (TPSA) is 45.2 Å². The molecule has 0 spiro atoms. The molecule has 0 fully saturated rings. The van der Waals surface area contributed by atoms with E-state index >= 15 is 0 Å². The smallest absolute Gasteiger partial charge is 0.261 e. The molecule has 0 aliphatic rings. The predicted octanol–water partition coefficient (Wildman–Crippen LogP) is 2.24. The van der Waals surface area contributed by atoms with Crippen molar-refractivity contribution in [3.63, 3.8) is 0 Å². The highest BCUT2D eigenvalue weighted by atomic mass is 35.5. The predicted molar refractivity (Wildman–Crippen MR) is 75.5 cm³/mol. The summed E-state index contributed by atoms with van der Waals surface area (Å²) in [4.78, 5) is 18.8. The van der Waals surface area contributed by atoms with Crippen molar-refractivity contribution >= 4 is 39.1 Å². The van der Waals surface area contributed by atoms with Gasteiger partial charge in [-0.15, -0.1) is 11.3 Å². The van der Waals surface area contributed by atoms with Crippen LogP contribution >= 0.6 is 22.9 Å². The minimum atomic E-state index is -0.0732. The number of hydrogen-bond acceptors (Lipinski definition) is 4. The summed E-state index contributed by atoms with van der Waals surface area (Å²) in [6.45, 7) is 1.44. The van der Waals surface area contributed by atoms with Gasteiger partial charge in [0.1, 0.15) is 0 Å². The van der Waals surface area contributed by atoms with Crippen LogP contribution in [0.1, 0.15) is 9.67 Å². The second-order valence-corrected chi connectivity index (χ2v) is 5.64. The van der Waals surface area contributed by atoms with Gasteiger partial charge >= 0.3 is 0 Å². The lowest BCUT2D eigenvalue weighted by Gasteiger charge is -2.09. The molecule has 2 aromatic rings. The standard InChI is InChI=1S/C12H14ClN3OS/c1-16(2)6-5-15-12(17)10-7-9-11(18-10)8(13)3-4-14-9/h3-4,7H,5-6H2,1-2H3,(H,15,17). The summed E-state index contributed by atoms with van der Waals surface area (Å²) in [6.07, 6.45) is 1.64. The maximum Gasteiger partial charge on any atom is 0.261 e. The summed E-state index contributed by atoms with van der Waals surface area (Å²) >= 11 is 7.42. The number of aromatic nitrogens is 1. The Bertz CT molecular complexity index is 567. The van der Waals surface area contributed by atoms with Gasteiger partial charge in [0, 0.05) is 19.3 Å². The van der Waals surface area contributed by atoms with E-state index in [1.165, 1.54) is 11.3 Å². The lowest BCUT2D eigenvalue weighted by molar-refractivity contribution is 0.0955. The first-order valence-electron chi connectivity index (χ1n) is 5.55. The Hall–Kier alpha value is -1.17. The molecule has 0 aliphatic heterocycles. The number of hydrogen-bond donors (Lipinski definition) is 1. The molecule has 2 aromatic heterocycles. The lowest BCUT2D eigenvalue weighted by Crippen LogP contribution is -2.30. The van der Waals surface area contributed by atoms with Gasteiger partial charge in [-0.2, -0.15) is 0 Å². The van der Waals surface area contributed by atoms with Crippen molar-refractivity contribution in [2.75, 3.05) is 27.2 Å². The number of carbonyl (C=O) groups excluding carboxylic acids is 1. The molecule has 4 nitrogen and oxygen atoms in total. The van der Waals surface area contributed by atoms with Crippen LogP contribution in [0.4, 0.5) is 0 Å². The molecule has 6 heteroatoms. The quantitative estimate of drug-likeness (QED) is 0.936. The zero-order valence-electron chi connectivity index (χ0n) is 10.2. The van der Waals surface area contributed by atoms with Crippen LogP contribution < -0.4 is 5.32 Å². The van der Waals surface area contributed by atoms with Crippen molar-refractivity contribution in [1.29, 1.82) is 0 Å². The normalized spacial score (nSPS) is 11.1. The first kappa shape index (κ1) is 13.3. The van der Waals surface area contributed by atoms with Gasteiger partial charge in [0.05, 0.1) is 20.1 Å². The van der Waals surface area contributed by atoms with Crippen LogP contribution in [0.3, 0.4) is 0 Å². The summed E-state index contributed by atoms with van der Waals surface area (Å²) < 4.78 is 0.858. The van der Waals surface area contributed by atoms with Crippen molar-refractivity contribution < 1.29 is 4.79 Å². The van der Waals surface area contributed by atoms with Gasteiger partial charge in [0.2, 0.25) is 0 Å². The molecular formula is C12H14ClN3OS. The Kier molecular flexibility index (Phi) is 4.16. The Morgan fingerprint density at radius 2 is 2.33 bits per heavy atom. The van der Waals surface area contributed by atoms with E-state index in [1.807, 2.05) is 19.0 Å². The van der Waals surface area contributed by atoms with Gasteiger partial charge in [-0.3, -0.25) is 9.78 Å². The summed E-state index contributed by atoms with van der Waals surface area (Å²) in [5.41, 5.74) is 0.769. The fourth-order valence-corrected chi connectivity index (χ4v) is 2.71. The van der Waals surface area contributed by atoms with Gasteiger partial charge in [-0.25, -0.2) is 0 Å². The van der Waals surface area contributed by atoms with Gasteiger partial charge < -0.3 is 10.2 Å². The molecule has 18 heavy (non-hydrogen) atoms. The van der Waals surface area contributed by atoms with E-state index in [9.17, 15) is 4.79 Å². The molecule has 0 saturated carbocycles. The second-order valence-electron chi connectivity index (χ2n) is 4.18. The molecule has 0 bridgehead atoms. The van der Waals surface area contributed by atoms with E-state index in [1.54, 1.807) is 18.3 Å². The van der Waals surface area contributed by atoms with Crippen molar-refractivity contribution in [2.24, 2.45) is 0 Å². The largest absolute Gasteiger partial charge is 0.350 e. The van der Waals surface area contributed by atoms with E-state index in [0.29, 0.717) is 16.4 Å². The van der Waals surface area contributed by atoms with E-state index in [4.69, 9.17) is 11.6 Å².